The van der Waals surface area contributed by atoms with Crippen molar-refractivity contribution in [2.45, 2.75) is 25.1 Å². The zero-order valence-corrected chi connectivity index (χ0v) is 11.7. The molecule has 0 spiro atoms. The number of carbonyl (C=O) groups is 1. The summed E-state index contributed by atoms with van der Waals surface area (Å²) in [4.78, 5) is 16.4. The number of alkyl halides is 1. The van der Waals surface area contributed by atoms with E-state index in [4.69, 9.17) is 11.6 Å². The largest absolute Gasteiger partial charge is 0.351 e. The van der Waals surface area contributed by atoms with Crippen LogP contribution in [0.2, 0.25) is 0 Å². The molecule has 2 aromatic rings. The molecular weight excluding hydrogens is 260 g/mol. The number of fused-ring (bicyclic) bond motifs is 1. The second-order valence-electron chi connectivity index (χ2n) is 4.47. The fraction of sp³-hybridized carbons (Fsp3) is 0.333. The Labute approximate surface area is 118 Å². The number of benzene rings is 1. The Morgan fingerprint density at radius 3 is 3.00 bits per heavy atom. The molecule has 1 atom stereocenters. The van der Waals surface area contributed by atoms with E-state index in [0.29, 0.717) is 12.1 Å². The van der Waals surface area contributed by atoms with Crippen molar-refractivity contribution in [3.63, 3.8) is 0 Å². The highest BCUT2D eigenvalue weighted by molar-refractivity contribution is 6.21. The van der Waals surface area contributed by atoms with Gasteiger partial charge in [0.2, 0.25) is 0 Å². The topological polar surface area (TPSA) is 42.0 Å². The molecule has 1 heterocycles. The summed E-state index contributed by atoms with van der Waals surface area (Å²) in [6.07, 6.45) is 3.64. The highest BCUT2D eigenvalue weighted by Crippen LogP contribution is 2.16. The van der Waals surface area contributed by atoms with E-state index in [9.17, 15) is 4.79 Å². The average molecular weight is 277 g/mol. The standard InChI is InChI=1S/C15H17ClN2O/c1-2-5-11(16)10-18-15(19)13-6-3-8-14-12(13)7-4-9-17-14/h3-4,6-9,11H,2,5,10H2,1H3,(H,18,19). The van der Waals surface area contributed by atoms with Gasteiger partial charge in [0, 0.05) is 23.7 Å². The Kier molecular flexibility index (Phi) is 4.74. The van der Waals surface area contributed by atoms with Crippen LogP contribution in [0.3, 0.4) is 0 Å². The van der Waals surface area contributed by atoms with Crippen LogP contribution in [-0.2, 0) is 0 Å². The van der Waals surface area contributed by atoms with Crippen LogP contribution in [0.5, 0.6) is 0 Å². The first-order valence-electron chi connectivity index (χ1n) is 6.48. The van der Waals surface area contributed by atoms with Gasteiger partial charge in [-0.1, -0.05) is 25.5 Å². The maximum Gasteiger partial charge on any atom is 0.252 e. The fourth-order valence-electron chi connectivity index (χ4n) is 2.02. The Balaban J connectivity index is 2.13. The van der Waals surface area contributed by atoms with Gasteiger partial charge in [-0.15, -0.1) is 11.6 Å². The van der Waals surface area contributed by atoms with Gasteiger partial charge in [-0.05, 0) is 24.6 Å². The third-order valence-electron chi connectivity index (χ3n) is 2.98. The van der Waals surface area contributed by atoms with E-state index in [0.717, 1.165) is 23.7 Å². The molecule has 4 heteroatoms. The first kappa shape index (κ1) is 13.8. The average Bonchev–Trinajstić information content (AvgIpc) is 2.44. The van der Waals surface area contributed by atoms with Crippen LogP contribution in [0, 0.1) is 0 Å². The minimum absolute atomic E-state index is 0.0120. The lowest BCUT2D eigenvalue weighted by Gasteiger charge is -2.11. The fourth-order valence-corrected chi connectivity index (χ4v) is 2.31. The number of nitrogens with zero attached hydrogens (tertiary/aromatic N) is 1. The third-order valence-corrected chi connectivity index (χ3v) is 3.35. The van der Waals surface area contributed by atoms with E-state index < -0.39 is 0 Å². The van der Waals surface area contributed by atoms with Crippen LogP contribution >= 0.6 is 11.6 Å². The lowest BCUT2D eigenvalue weighted by molar-refractivity contribution is 0.0955. The number of nitrogens with one attached hydrogen (secondary N) is 1. The molecule has 19 heavy (non-hydrogen) atoms. The quantitative estimate of drug-likeness (QED) is 0.851. The maximum absolute atomic E-state index is 12.2. The zero-order chi connectivity index (χ0) is 13.7. The summed E-state index contributed by atoms with van der Waals surface area (Å²) in [6.45, 7) is 2.57. The van der Waals surface area contributed by atoms with Crippen molar-refractivity contribution in [3.8, 4) is 0 Å². The summed E-state index contributed by atoms with van der Waals surface area (Å²) < 4.78 is 0. The number of hydrogen-bond donors (Lipinski definition) is 1. The minimum atomic E-state index is -0.0969. The molecule has 1 amide bonds. The maximum atomic E-state index is 12.2. The van der Waals surface area contributed by atoms with Gasteiger partial charge in [0.05, 0.1) is 10.9 Å². The molecule has 0 fully saturated rings. The van der Waals surface area contributed by atoms with E-state index in [1.807, 2.05) is 30.3 Å². The molecule has 0 aliphatic carbocycles. The SMILES string of the molecule is CCCC(Cl)CNC(=O)c1cccc2ncccc12. The number of aromatic nitrogens is 1. The van der Waals surface area contributed by atoms with Gasteiger partial charge >= 0.3 is 0 Å². The number of carbonyl (C=O) groups excluding carboxylic acids is 1. The predicted octanol–water partition coefficient (Wildman–Crippen LogP) is 3.37. The molecule has 1 aromatic heterocycles. The van der Waals surface area contributed by atoms with Gasteiger partial charge < -0.3 is 5.32 Å². The van der Waals surface area contributed by atoms with Gasteiger partial charge in [-0.3, -0.25) is 9.78 Å². The summed E-state index contributed by atoms with van der Waals surface area (Å²) >= 11 is 6.10. The van der Waals surface area contributed by atoms with E-state index in [-0.39, 0.29) is 11.3 Å². The molecule has 100 valence electrons. The Morgan fingerprint density at radius 1 is 1.37 bits per heavy atom. The summed E-state index contributed by atoms with van der Waals surface area (Å²) in [5.41, 5.74) is 1.47. The van der Waals surface area contributed by atoms with Crippen molar-refractivity contribution in [2.24, 2.45) is 0 Å². The van der Waals surface area contributed by atoms with E-state index in [2.05, 4.69) is 17.2 Å². The summed E-state index contributed by atoms with van der Waals surface area (Å²) in [6, 6.07) is 9.28. The zero-order valence-electron chi connectivity index (χ0n) is 10.9. The smallest absolute Gasteiger partial charge is 0.252 e. The molecule has 3 nitrogen and oxygen atoms in total. The van der Waals surface area contributed by atoms with Gasteiger partial charge in [-0.25, -0.2) is 0 Å². The van der Waals surface area contributed by atoms with Crippen molar-refractivity contribution < 1.29 is 4.79 Å². The van der Waals surface area contributed by atoms with E-state index in [1.54, 1.807) is 6.20 Å². The normalized spacial score (nSPS) is 12.3. The number of rotatable bonds is 5. The van der Waals surface area contributed by atoms with Gasteiger partial charge in [0.1, 0.15) is 0 Å². The van der Waals surface area contributed by atoms with Crippen molar-refractivity contribution in [1.29, 1.82) is 0 Å². The molecule has 1 aromatic carbocycles. The highest BCUT2D eigenvalue weighted by Gasteiger charge is 2.11. The van der Waals surface area contributed by atoms with Crippen LogP contribution in [0.4, 0.5) is 0 Å². The van der Waals surface area contributed by atoms with Crippen LogP contribution < -0.4 is 5.32 Å². The van der Waals surface area contributed by atoms with Crippen LogP contribution in [-0.4, -0.2) is 22.8 Å². The van der Waals surface area contributed by atoms with Crippen molar-refractivity contribution in [1.82, 2.24) is 10.3 Å². The number of halogens is 1. The van der Waals surface area contributed by atoms with Gasteiger partial charge in [-0.2, -0.15) is 0 Å². The predicted molar refractivity (Wildman–Crippen MR) is 78.6 cm³/mol. The third kappa shape index (κ3) is 3.44. The van der Waals surface area contributed by atoms with Crippen molar-refractivity contribution >= 4 is 28.4 Å². The molecule has 1 unspecified atom stereocenters. The summed E-state index contributed by atoms with van der Waals surface area (Å²) in [7, 11) is 0. The lowest BCUT2D eigenvalue weighted by atomic mass is 10.1. The molecule has 2 rings (SSSR count). The monoisotopic (exact) mass is 276 g/mol. The van der Waals surface area contributed by atoms with E-state index in [1.165, 1.54) is 0 Å². The first-order chi connectivity index (χ1) is 9.22. The van der Waals surface area contributed by atoms with E-state index >= 15 is 0 Å². The molecule has 0 saturated heterocycles. The highest BCUT2D eigenvalue weighted by atomic mass is 35.5. The second-order valence-corrected chi connectivity index (χ2v) is 5.09. The molecule has 0 aliphatic heterocycles. The Hall–Kier alpha value is -1.61. The second kappa shape index (κ2) is 6.53. The molecule has 0 aliphatic rings. The molecule has 0 radical (unpaired) electrons. The molecule has 0 bridgehead atoms. The van der Waals surface area contributed by atoms with Crippen LogP contribution in [0.25, 0.3) is 10.9 Å². The molecule has 1 N–H and O–H groups in total. The first-order valence-corrected chi connectivity index (χ1v) is 6.92. The Bertz CT molecular complexity index is 566. The minimum Gasteiger partial charge on any atom is -0.351 e. The molecule has 0 saturated carbocycles. The van der Waals surface area contributed by atoms with Gasteiger partial charge in [0.15, 0.2) is 0 Å². The van der Waals surface area contributed by atoms with Crippen molar-refractivity contribution in [2.75, 3.05) is 6.54 Å². The van der Waals surface area contributed by atoms with Crippen LogP contribution in [0.15, 0.2) is 36.5 Å². The van der Waals surface area contributed by atoms with Crippen LogP contribution in [0.1, 0.15) is 30.1 Å². The molecular formula is C15H17ClN2O. The number of amides is 1. The summed E-state index contributed by atoms with van der Waals surface area (Å²) in [5.74, 6) is -0.0969. The summed E-state index contributed by atoms with van der Waals surface area (Å²) in [5, 5.41) is 3.73. The van der Waals surface area contributed by atoms with Crippen molar-refractivity contribution in [3.05, 3.63) is 42.1 Å². The number of pyridine rings is 1. The lowest BCUT2D eigenvalue weighted by Crippen LogP contribution is -2.29. The van der Waals surface area contributed by atoms with Gasteiger partial charge in [0.25, 0.3) is 5.91 Å². The Morgan fingerprint density at radius 2 is 2.21 bits per heavy atom. The number of hydrogen-bond acceptors (Lipinski definition) is 2.